The standard InChI is InChI=1S/C27H43N3O4/c1-17(2)30(25(32)20(5)28-26(33)34-27(6,7)8)23(22-15-14-18(3)16-19(22)4)24(31)29-21-12-10-9-11-13-21/h14-17,20-21,23H,9-13H2,1-8H3,(H,28,33)(H,29,31). The molecule has 1 aliphatic rings. The summed E-state index contributed by atoms with van der Waals surface area (Å²) in [6.45, 7) is 14.7. The molecule has 1 fully saturated rings. The Bertz CT molecular complexity index is 869. The number of rotatable bonds is 7. The van der Waals surface area contributed by atoms with Crippen molar-refractivity contribution in [2.75, 3.05) is 0 Å². The average Bonchev–Trinajstić information content (AvgIpc) is 2.71. The summed E-state index contributed by atoms with van der Waals surface area (Å²) in [6, 6.07) is 4.14. The quantitative estimate of drug-likeness (QED) is 0.587. The van der Waals surface area contributed by atoms with Crippen molar-refractivity contribution in [3.63, 3.8) is 0 Å². The van der Waals surface area contributed by atoms with Gasteiger partial charge in [-0.05, 0) is 79.4 Å². The van der Waals surface area contributed by atoms with Crippen molar-refractivity contribution in [2.24, 2.45) is 0 Å². The number of ether oxygens (including phenoxy) is 1. The van der Waals surface area contributed by atoms with E-state index in [2.05, 4.69) is 10.6 Å². The molecule has 2 rings (SSSR count). The lowest BCUT2D eigenvalue weighted by Crippen LogP contribution is -2.55. The number of alkyl carbamates (subject to hydrolysis) is 1. The zero-order valence-corrected chi connectivity index (χ0v) is 22.2. The number of hydrogen-bond acceptors (Lipinski definition) is 4. The molecule has 0 radical (unpaired) electrons. The van der Waals surface area contributed by atoms with Crippen molar-refractivity contribution in [2.45, 2.75) is 117 Å². The fourth-order valence-electron chi connectivity index (χ4n) is 4.53. The predicted molar refractivity (Wildman–Crippen MR) is 134 cm³/mol. The maximum Gasteiger partial charge on any atom is 0.408 e. The van der Waals surface area contributed by atoms with Gasteiger partial charge in [0.25, 0.3) is 0 Å². The second-order valence-electron chi connectivity index (χ2n) is 10.8. The van der Waals surface area contributed by atoms with Crippen LogP contribution in [0.3, 0.4) is 0 Å². The van der Waals surface area contributed by atoms with Gasteiger partial charge in [0.05, 0.1) is 0 Å². The minimum absolute atomic E-state index is 0.121. The van der Waals surface area contributed by atoms with E-state index < -0.39 is 23.8 Å². The first-order chi connectivity index (χ1) is 15.8. The van der Waals surface area contributed by atoms with Gasteiger partial charge >= 0.3 is 6.09 Å². The van der Waals surface area contributed by atoms with E-state index in [0.717, 1.165) is 42.4 Å². The van der Waals surface area contributed by atoms with Crippen molar-refractivity contribution in [3.05, 3.63) is 34.9 Å². The molecule has 2 atom stereocenters. The predicted octanol–water partition coefficient (Wildman–Crippen LogP) is 4.94. The summed E-state index contributed by atoms with van der Waals surface area (Å²) in [6.07, 6.45) is 4.64. The third-order valence-electron chi connectivity index (χ3n) is 6.11. The van der Waals surface area contributed by atoms with Gasteiger partial charge in [0.1, 0.15) is 17.7 Å². The molecule has 1 aromatic carbocycles. The molecule has 1 saturated carbocycles. The molecule has 0 saturated heterocycles. The SMILES string of the molecule is Cc1ccc(C(C(=O)NC2CCCCC2)N(C(=O)C(C)NC(=O)OC(C)(C)C)C(C)C)c(C)c1. The highest BCUT2D eigenvalue weighted by molar-refractivity contribution is 5.92. The van der Waals surface area contributed by atoms with Crippen LogP contribution in [0.15, 0.2) is 18.2 Å². The second-order valence-corrected chi connectivity index (χ2v) is 10.8. The molecule has 2 unspecified atom stereocenters. The third kappa shape index (κ3) is 7.74. The van der Waals surface area contributed by atoms with Gasteiger partial charge in [-0.3, -0.25) is 9.59 Å². The van der Waals surface area contributed by atoms with Gasteiger partial charge in [-0.25, -0.2) is 4.79 Å². The second kappa shape index (κ2) is 11.7. The lowest BCUT2D eigenvalue weighted by Gasteiger charge is -2.38. The third-order valence-corrected chi connectivity index (χ3v) is 6.11. The van der Waals surface area contributed by atoms with Crippen molar-refractivity contribution in [1.29, 1.82) is 0 Å². The highest BCUT2D eigenvalue weighted by atomic mass is 16.6. The summed E-state index contributed by atoms with van der Waals surface area (Å²) in [7, 11) is 0. The van der Waals surface area contributed by atoms with Crippen LogP contribution in [0.25, 0.3) is 0 Å². The minimum Gasteiger partial charge on any atom is -0.444 e. The molecule has 3 amide bonds. The summed E-state index contributed by atoms with van der Waals surface area (Å²) in [5.41, 5.74) is 2.17. The van der Waals surface area contributed by atoms with Gasteiger partial charge in [-0.1, -0.05) is 43.0 Å². The highest BCUT2D eigenvalue weighted by Gasteiger charge is 2.37. The zero-order chi connectivity index (χ0) is 25.6. The normalized spacial score (nSPS) is 16.5. The molecule has 7 heteroatoms. The fraction of sp³-hybridized carbons (Fsp3) is 0.667. The maximum absolute atomic E-state index is 13.7. The molecule has 1 aliphatic carbocycles. The van der Waals surface area contributed by atoms with Crippen molar-refractivity contribution in [1.82, 2.24) is 15.5 Å². The highest BCUT2D eigenvalue weighted by Crippen LogP contribution is 2.29. The molecule has 34 heavy (non-hydrogen) atoms. The van der Waals surface area contributed by atoms with Gasteiger partial charge in [-0.15, -0.1) is 0 Å². The Labute approximate surface area is 205 Å². The number of nitrogens with one attached hydrogen (secondary N) is 2. The Balaban J connectivity index is 2.37. The topological polar surface area (TPSA) is 87.7 Å². The Hall–Kier alpha value is -2.57. The lowest BCUT2D eigenvalue weighted by atomic mass is 9.93. The summed E-state index contributed by atoms with van der Waals surface area (Å²) in [5.74, 6) is -0.505. The molecule has 7 nitrogen and oxygen atoms in total. The van der Waals surface area contributed by atoms with E-state index in [1.54, 1.807) is 32.6 Å². The molecule has 0 aromatic heterocycles. The fourth-order valence-corrected chi connectivity index (χ4v) is 4.53. The van der Waals surface area contributed by atoms with E-state index >= 15 is 0 Å². The molecular weight excluding hydrogens is 430 g/mol. The van der Waals surface area contributed by atoms with Gasteiger partial charge in [0.2, 0.25) is 11.8 Å². The van der Waals surface area contributed by atoms with Crippen LogP contribution in [0.4, 0.5) is 4.79 Å². The van der Waals surface area contributed by atoms with Crippen molar-refractivity contribution < 1.29 is 19.1 Å². The van der Waals surface area contributed by atoms with Gasteiger partial charge in [0.15, 0.2) is 0 Å². The summed E-state index contributed by atoms with van der Waals surface area (Å²) in [4.78, 5) is 41.3. The van der Waals surface area contributed by atoms with Crippen LogP contribution in [0.5, 0.6) is 0 Å². The number of carbonyl (C=O) groups excluding carboxylic acids is 3. The van der Waals surface area contributed by atoms with E-state index in [1.165, 1.54) is 6.42 Å². The average molecular weight is 474 g/mol. The molecule has 2 N–H and O–H groups in total. The Morgan fingerprint density at radius 2 is 1.65 bits per heavy atom. The smallest absolute Gasteiger partial charge is 0.408 e. The zero-order valence-electron chi connectivity index (χ0n) is 22.2. The number of carbonyl (C=O) groups is 3. The molecule has 1 aromatic rings. The number of aryl methyl sites for hydroxylation is 2. The van der Waals surface area contributed by atoms with Gasteiger partial charge in [-0.2, -0.15) is 0 Å². The lowest BCUT2D eigenvalue weighted by molar-refractivity contribution is -0.144. The Kier molecular flexibility index (Phi) is 9.54. The monoisotopic (exact) mass is 473 g/mol. The van der Waals surface area contributed by atoms with Crippen LogP contribution in [0.2, 0.25) is 0 Å². The van der Waals surface area contributed by atoms with Crippen LogP contribution < -0.4 is 10.6 Å². The van der Waals surface area contributed by atoms with E-state index in [9.17, 15) is 14.4 Å². The van der Waals surface area contributed by atoms with E-state index in [-0.39, 0.29) is 23.9 Å². The molecule has 0 bridgehead atoms. The number of benzene rings is 1. The Morgan fingerprint density at radius 3 is 2.18 bits per heavy atom. The molecule has 190 valence electrons. The van der Waals surface area contributed by atoms with Crippen LogP contribution in [-0.4, -0.2) is 46.5 Å². The molecular formula is C27H43N3O4. The number of hydrogen-bond donors (Lipinski definition) is 2. The molecule has 0 spiro atoms. The largest absolute Gasteiger partial charge is 0.444 e. The van der Waals surface area contributed by atoms with Crippen LogP contribution in [0.1, 0.15) is 96.4 Å². The maximum atomic E-state index is 13.7. The van der Waals surface area contributed by atoms with Crippen molar-refractivity contribution >= 4 is 17.9 Å². The van der Waals surface area contributed by atoms with Gasteiger partial charge in [0, 0.05) is 12.1 Å². The number of nitrogens with zero attached hydrogens (tertiary/aromatic N) is 1. The van der Waals surface area contributed by atoms with Gasteiger partial charge < -0.3 is 20.3 Å². The minimum atomic E-state index is -0.854. The molecule has 0 aliphatic heterocycles. The summed E-state index contributed by atoms with van der Waals surface area (Å²) >= 11 is 0. The van der Waals surface area contributed by atoms with E-state index in [1.807, 2.05) is 45.9 Å². The van der Waals surface area contributed by atoms with E-state index in [4.69, 9.17) is 4.74 Å². The first-order valence-electron chi connectivity index (χ1n) is 12.5. The van der Waals surface area contributed by atoms with Crippen LogP contribution in [0, 0.1) is 13.8 Å². The molecule has 0 heterocycles. The van der Waals surface area contributed by atoms with Crippen molar-refractivity contribution in [3.8, 4) is 0 Å². The number of amides is 3. The summed E-state index contributed by atoms with van der Waals surface area (Å²) in [5, 5.41) is 5.85. The van der Waals surface area contributed by atoms with Crippen LogP contribution in [-0.2, 0) is 14.3 Å². The van der Waals surface area contributed by atoms with E-state index in [0.29, 0.717) is 0 Å². The van der Waals surface area contributed by atoms with Crippen LogP contribution >= 0.6 is 0 Å². The summed E-state index contributed by atoms with van der Waals surface area (Å²) < 4.78 is 5.32. The first kappa shape index (κ1) is 27.7. The first-order valence-corrected chi connectivity index (χ1v) is 12.5. The Morgan fingerprint density at radius 1 is 1.03 bits per heavy atom.